The first-order chi connectivity index (χ1) is 8.98. The van der Waals surface area contributed by atoms with E-state index in [1.807, 2.05) is 27.7 Å². The molecule has 0 aromatic carbocycles. The number of fused-ring (bicyclic) bond motifs is 2. The van der Waals surface area contributed by atoms with Gasteiger partial charge in [0.15, 0.2) is 0 Å². The van der Waals surface area contributed by atoms with Crippen LogP contribution in [0, 0.1) is 23.2 Å². The van der Waals surface area contributed by atoms with Crippen molar-refractivity contribution in [1.82, 2.24) is 4.90 Å². The van der Waals surface area contributed by atoms with Crippen molar-refractivity contribution in [1.29, 1.82) is 0 Å². The maximum absolute atomic E-state index is 12.3. The van der Waals surface area contributed by atoms with Crippen LogP contribution in [-0.4, -0.2) is 28.0 Å². The number of carbonyl (C=O) groups is 2. The van der Waals surface area contributed by atoms with Gasteiger partial charge in [-0.05, 0) is 57.8 Å². The zero-order valence-corrected chi connectivity index (χ0v) is 13.3. The number of ether oxygens (including phenoxy) is 1. The Labute approximate surface area is 120 Å². The monoisotopic (exact) mass is 279 g/mol. The lowest BCUT2D eigenvalue weighted by Crippen LogP contribution is -2.72. The Hall–Kier alpha value is -1.06. The van der Waals surface area contributed by atoms with Gasteiger partial charge >= 0.3 is 6.09 Å². The lowest BCUT2D eigenvalue weighted by atomic mass is 9.66. The number of hydrogen-bond acceptors (Lipinski definition) is 3. The second-order valence-electron chi connectivity index (χ2n) is 8.54. The van der Waals surface area contributed by atoms with Crippen molar-refractivity contribution in [3.05, 3.63) is 0 Å². The number of imide groups is 1. The first-order valence-corrected chi connectivity index (χ1v) is 7.55. The van der Waals surface area contributed by atoms with Crippen molar-refractivity contribution in [2.24, 2.45) is 23.2 Å². The molecule has 0 spiro atoms. The molecule has 4 heteroatoms. The highest BCUT2D eigenvalue weighted by molar-refractivity contribution is 6.01. The summed E-state index contributed by atoms with van der Waals surface area (Å²) in [5.74, 6) is 1.27. The van der Waals surface area contributed by atoms with Gasteiger partial charge in [0, 0.05) is 0 Å². The average Bonchev–Trinajstić information content (AvgIpc) is 2.74. The lowest BCUT2D eigenvalue weighted by molar-refractivity contribution is -0.171. The highest BCUT2D eigenvalue weighted by Crippen LogP contribution is 2.70. The molecule has 1 saturated heterocycles. The third-order valence-corrected chi connectivity index (χ3v) is 5.77. The van der Waals surface area contributed by atoms with Crippen molar-refractivity contribution in [3.8, 4) is 0 Å². The Bertz CT molecular complexity index is 490. The predicted molar refractivity (Wildman–Crippen MR) is 75.0 cm³/mol. The number of amides is 2. The molecule has 2 aliphatic carbocycles. The van der Waals surface area contributed by atoms with E-state index in [4.69, 9.17) is 4.74 Å². The minimum Gasteiger partial charge on any atom is -0.443 e. The quantitative estimate of drug-likeness (QED) is 0.640. The van der Waals surface area contributed by atoms with Crippen LogP contribution in [0.25, 0.3) is 0 Å². The second kappa shape index (κ2) is 3.58. The first-order valence-electron chi connectivity index (χ1n) is 7.55. The van der Waals surface area contributed by atoms with Crippen LogP contribution in [0.4, 0.5) is 4.79 Å². The Morgan fingerprint density at radius 2 is 1.85 bits per heavy atom. The molecule has 3 rings (SSSR count). The van der Waals surface area contributed by atoms with Gasteiger partial charge in [-0.3, -0.25) is 4.79 Å². The van der Waals surface area contributed by atoms with Gasteiger partial charge in [-0.2, -0.15) is 0 Å². The molecule has 112 valence electrons. The fourth-order valence-corrected chi connectivity index (χ4v) is 4.39. The highest BCUT2D eigenvalue weighted by Gasteiger charge is 2.72. The van der Waals surface area contributed by atoms with Crippen LogP contribution in [0.1, 0.15) is 54.4 Å². The number of rotatable bonds is 0. The minimum atomic E-state index is -0.561. The van der Waals surface area contributed by atoms with Gasteiger partial charge in [0.05, 0.1) is 11.5 Å². The summed E-state index contributed by atoms with van der Waals surface area (Å²) in [5.41, 5.74) is -0.552. The number of carbonyl (C=O) groups excluding carboxylic acids is 2. The van der Waals surface area contributed by atoms with E-state index in [0.29, 0.717) is 17.3 Å². The third-order valence-electron chi connectivity index (χ3n) is 5.77. The highest BCUT2D eigenvalue weighted by atomic mass is 16.6. The summed E-state index contributed by atoms with van der Waals surface area (Å²) in [4.78, 5) is 26.0. The Kier molecular flexibility index (Phi) is 2.49. The van der Waals surface area contributed by atoms with Gasteiger partial charge in [-0.15, -0.1) is 0 Å². The van der Waals surface area contributed by atoms with Crippen molar-refractivity contribution < 1.29 is 14.3 Å². The average molecular weight is 279 g/mol. The van der Waals surface area contributed by atoms with Gasteiger partial charge in [-0.25, -0.2) is 9.69 Å². The maximum Gasteiger partial charge on any atom is 0.417 e. The molecule has 0 aromatic rings. The number of likely N-dealkylation sites (tertiary alicyclic amines) is 1. The summed E-state index contributed by atoms with van der Waals surface area (Å²) in [5, 5.41) is 0. The van der Waals surface area contributed by atoms with Crippen molar-refractivity contribution in [2.75, 3.05) is 0 Å². The largest absolute Gasteiger partial charge is 0.443 e. The third kappa shape index (κ3) is 1.66. The predicted octanol–water partition coefficient (Wildman–Crippen LogP) is 3.20. The molecular formula is C16H25NO3. The molecule has 2 amide bonds. The van der Waals surface area contributed by atoms with Crippen molar-refractivity contribution >= 4 is 12.0 Å². The maximum atomic E-state index is 12.3. The molecule has 0 bridgehead atoms. The van der Waals surface area contributed by atoms with Gasteiger partial charge in [0.25, 0.3) is 0 Å². The van der Waals surface area contributed by atoms with E-state index in [-0.39, 0.29) is 17.4 Å². The van der Waals surface area contributed by atoms with Gasteiger partial charge in [-0.1, -0.05) is 13.8 Å². The van der Waals surface area contributed by atoms with Crippen LogP contribution in [-0.2, 0) is 9.53 Å². The first kappa shape index (κ1) is 13.9. The van der Waals surface area contributed by atoms with Crippen LogP contribution in [0.5, 0.6) is 0 Å². The summed E-state index contributed by atoms with van der Waals surface area (Å²) >= 11 is 0. The van der Waals surface area contributed by atoms with E-state index < -0.39 is 11.7 Å². The van der Waals surface area contributed by atoms with Crippen LogP contribution in [0.3, 0.4) is 0 Å². The molecular weight excluding hydrogens is 254 g/mol. The smallest absolute Gasteiger partial charge is 0.417 e. The molecule has 0 radical (unpaired) electrons. The Morgan fingerprint density at radius 1 is 1.25 bits per heavy atom. The Balaban J connectivity index is 1.79. The molecule has 4 nitrogen and oxygen atoms in total. The number of β-lactam (4-membered cyclic amide) rings is 1. The molecule has 0 aromatic heterocycles. The van der Waals surface area contributed by atoms with E-state index in [9.17, 15) is 9.59 Å². The van der Waals surface area contributed by atoms with Crippen LogP contribution in [0.15, 0.2) is 0 Å². The van der Waals surface area contributed by atoms with E-state index in [1.54, 1.807) is 0 Å². The molecule has 4 atom stereocenters. The van der Waals surface area contributed by atoms with Gasteiger partial charge in [0.1, 0.15) is 5.60 Å². The molecule has 2 unspecified atom stereocenters. The van der Waals surface area contributed by atoms with Gasteiger partial charge < -0.3 is 4.74 Å². The van der Waals surface area contributed by atoms with Crippen LogP contribution in [0.2, 0.25) is 0 Å². The summed E-state index contributed by atoms with van der Waals surface area (Å²) in [6.45, 7) is 12.1. The minimum absolute atomic E-state index is 0.0121. The summed E-state index contributed by atoms with van der Waals surface area (Å²) in [6.07, 6.45) is 1.39. The van der Waals surface area contributed by atoms with E-state index >= 15 is 0 Å². The standard InChI is InChI=1S/C16H25NO3/c1-14(2,3)20-13(19)17-12(18)10-7-9-11(15(9,4)5)8-16(10,17)6/h9-11H,7-8H2,1-6H3/t9?,10?,11-,16-/m0/s1. The van der Waals surface area contributed by atoms with E-state index in [0.717, 1.165) is 12.8 Å². The fourth-order valence-electron chi connectivity index (χ4n) is 4.39. The molecule has 3 aliphatic rings. The van der Waals surface area contributed by atoms with E-state index in [1.165, 1.54) is 4.90 Å². The molecule has 2 saturated carbocycles. The normalized spacial score (nSPS) is 41.4. The SMILES string of the molecule is CC(C)(C)OC(=O)N1C(=O)C2CC3[C@H](C[C@@]21C)C3(C)C. The zero-order chi connectivity index (χ0) is 15.1. The second-order valence-corrected chi connectivity index (χ2v) is 8.54. The number of nitrogens with zero attached hydrogens (tertiary/aromatic N) is 1. The topological polar surface area (TPSA) is 46.6 Å². The van der Waals surface area contributed by atoms with E-state index in [2.05, 4.69) is 13.8 Å². The molecule has 20 heavy (non-hydrogen) atoms. The Morgan fingerprint density at radius 3 is 2.40 bits per heavy atom. The summed E-state index contributed by atoms with van der Waals surface area (Å²) < 4.78 is 5.39. The molecule has 1 aliphatic heterocycles. The van der Waals surface area contributed by atoms with Crippen molar-refractivity contribution in [2.45, 2.75) is 65.5 Å². The van der Waals surface area contributed by atoms with Gasteiger partial charge in [0.2, 0.25) is 5.91 Å². The van der Waals surface area contributed by atoms with Crippen LogP contribution >= 0.6 is 0 Å². The summed E-state index contributed by atoms with van der Waals surface area (Å²) in [7, 11) is 0. The van der Waals surface area contributed by atoms with Crippen molar-refractivity contribution in [3.63, 3.8) is 0 Å². The molecule has 0 N–H and O–H groups in total. The van der Waals surface area contributed by atoms with Crippen LogP contribution < -0.4 is 0 Å². The molecule has 3 fully saturated rings. The zero-order valence-electron chi connectivity index (χ0n) is 13.3. The molecule has 1 heterocycles. The lowest BCUT2D eigenvalue weighted by Gasteiger charge is -2.56. The fraction of sp³-hybridized carbons (Fsp3) is 0.875. The summed E-state index contributed by atoms with van der Waals surface area (Å²) in [6, 6.07) is 0. The number of hydrogen-bond donors (Lipinski definition) is 0.